The average Bonchev–Trinajstić information content (AvgIpc) is 2.54. The van der Waals surface area contributed by atoms with E-state index in [4.69, 9.17) is 10.2 Å². The minimum atomic E-state index is -4.22. The number of aliphatic carboxylic acids is 1. The fourth-order valence-electron chi connectivity index (χ4n) is 0.728. The maximum atomic E-state index is 12.6. The number of nitrogens with zero attached hydrogens (tertiary/aromatic N) is 1. The van der Waals surface area contributed by atoms with Gasteiger partial charge in [0.1, 0.15) is 0 Å². The molecule has 0 radical (unpaired) electrons. The molecule has 0 bridgehead atoms. The van der Waals surface area contributed by atoms with Crippen LogP contribution in [-0.2, 0) is 4.79 Å². The van der Waals surface area contributed by atoms with E-state index in [2.05, 4.69) is 9.97 Å². The minimum Gasteiger partial charge on any atom is -0.477 e. The van der Waals surface area contributed by atoms with Crippen LogP contribution in [0.15, 0.2) is 12.5 Å². The molecule has 3 N–H and O–H groups in total. The van der Waals surface area contributed by atoms with Crippen LogP contribution in [0.1, 0.15) is 11.8 Å². The van der Waals surface area contributed by atoms with E-state index in [1.807, 2.05) is 0 Å². The van der Waals surface area contributed by atoms with Gasteiger partial charge in [-0.2, -0.15) is 8.78 Å². The Hall–Kier alpha value is -1.50. The molecule has 0 aliphatic carbocycles. The lowest BCUT2D eigenvalue weighted by Gasteiger charge is -2.16. The zero-order chi connectivity index (χ0) is 10.1. The minimum absolute atomic E-state index is 0.340. The van der Waals surface area contributed by atoms with E-state index < -0.39 is 18.0 Å². The predicted octanol–water partition coefficient (Wildman–Crippen LogP) is 0.163. The van der Waals surface area contributed by atoms with Crippen molar-refractivity contribution in [2.45, 2.75) is 12.0 Å². The maximum Gasteiger partial charge on any atom is 0.377 e. The summed E-state index contributed by atoms with van der Waals surface area (Å²) in [5, 5.41) is 17.0. The zero-order valence-corrected chi connectivity index (χ0v) is 6.24. The van der Waals surface area contributed by atoms with Gasteiger partial charge in [-0.1, -0.05) is 0 Å². The van der Waals surface area contributed by atoms with Gasteiger partial charge in [-0.25, -0.2) is 9.78 Å². The van der Waals surface area contributed by atoms with Crippen LogP contribution in [0.5, 0.6) is 0 Å². The number of aliphatic hydroxyl groups is 1. The third-order valence-corrected chi connectivity index (χ3v) is 1.44. The van der Waals surface area contributed by atoms with E-state index in [0.29, 0.717) is 0 Å². The number of imidazole rings is 1. The topological polar surface area (TPSA) is 86.2 Å². The van der Waals surface area contributed by atoms with Crippen LogP contribution >= 0.6 is 0 Å². The molecule has 0 spiro atoms. The van der Waals surface area contributed by atoms with Gasteiger partial charge in [0.2, 0.25) is 0 Å². The number of H-pyrrole nitrogens is 1. The van der Waals surface area contributed by atoms with Gasteiger partial charge in [-0.15, -0.1) is 0 Å². The number of carboxylic acids is 1. The molecule has 0 amide bonds. The Balaban J connectivity index is 2.90. The van der Waals surface area contributed by atoms with Crippen LogP contribution in [-0.4, -0.2) is 32.1 Å². The van der Waals surface area contributed by atoms with E-state index in [0.717, 1.165) is 12.5 Å². The Morgan fingerprint density at radius 3 is 2.69 bits per heavy atom. The maximum absolute atomic E-state index is 12.6. The molecule has 1 aromatic rings. The lowest BCUT2D eigenvalue weighted by molar-refractivity contribution is -0.183. The van der Waals surface area contributed by atoms with E-state index in [1.165, 1.54) is 0 Å². The monoisotopic (exact) mass is 192 g/mol. The standard InChI is InChI=1S/C6H6F2N2O3/c7-6(8,5(12)13)4(11)3-1-9-2-10-3/h1-2,4,11H,(H,9,10)(H,12,13). The summed E-state index contributed by atoms with van der Waals surface area (Å²) in [4.78, 5) is 15.6. The summed E-state index contributed by atoms with van der Waals surface area (Å²) in [5.41, 5.74) is -0.340. The first kappa shape index (κ1) is 9.59. The second-order valence-electron chi connectivity index (χ2n) is 2.34. The third kappa shape index (κ3) is 1.64. The van der Waals surface area contributed by atoms with Gasteiger partial charge in [-0.3, -0.25) is 0 Å². The molecule has 1 unspecified atom stereocenters. The highest BCUT2D eigenvalue weighted by Gasteiger charge is 2.48. The van der Waals surface area contributed by atoms with Gasteiger partial charge >= 0.3 is 11.9 Å². The van der Waals surface area contributed by atoms with E-state index in [1.54, 1.807) is 0 Å². The van der Waals surface area contributed by atoms with Crippen LogP contribution < -0.4 is 0 Å². The van der Waals surface area contributed by atoms with Crippen LogP contribution in [0.4, 0.5) is 8.78 Å². The first-order chi connectivity index (χ1) is 5.96. The van der Waals surface area contributed by atoms with Crippen molar-refractivity contribution in [3.8, 4) is 0 Å². The Kier molecular flexibility index (Phi) is 2.28. The molecule has 1 atom stereocenters. The first-order valence-corrected chi connectivity index (χ1v) is 3.23. The second kappa shape index (κ2) is 3.09. The molecule has 0 aliphatic rings. The van der Waals surface area contributed by atoms with Gasteiger partial charge in [0.15, 0.2) is 6.10 Å². The van der Waals surface area contributed by atoms with Gasteiger partial charge in [0, 0.05) is 0 Å². The molecule has 7 heteroatoms. The summed E-state index contributed by atoms with van der Waals surface area (Å²) in [6.07, 6.45) is -0.412. The molecule has 0 aliphatic heterocycles. The van der Waals surface area contributed by atoms with Crippen molar-refractivity contribution in [1.29, 1.82) is 0 Å². The molecule has 5 nitrogen and oxygen atoms in total. The number of carboxylic acid groups (broad SMARTS) is 1. The van der Waals surface area contributed by atoms with Crippen molar-refractivity contribution in [1.82, 2.24) is 9.97 Å². The molecule has 0 saturated carbocycles. The van der Waals surface area contributed by atoms with Crippen molar-refractivity contribution >= 4 is 5.97 Å². The number of aliphatic hydroxyl groups excluding tert-OH is 1. The highest BCUT2D eigenvalue weighted by molar-refractivity contribution is 5.76. The average molecular weight is 192 g/mol. The van der Waals surface area contributed by atoms with Gasteiger partial charge in [0.25, 0.3) is 0 Å². The first-order valence-electron chi connectivity index (χ1n) is 3.23. The van der Waals surface area contributed by atoms with Crippen molar-refractivity contribution < 1.29 is 23.8 Å². The number of carbonyl (C=O) groups is 1. The molecule has 0 saturated heterocycles. The van der Waals surface area contributed by atoms with Gasteiger partial charge in [-0.05, 0) is 0 Å². The highest BCUT2D eigenvalue weighted by atomic mass is 19.3. The molecule has 1 heterocycles. The normalized spacial score (nSPS) is 14.1. The largest absolute Gasteiger partial charge is 0.477 e. The fourth-order valence-corrected chi connectivity index (χ4v) is 0.728. The second-order valence-corrected chi connectivity index (χ2v) is 2.34. The summed E-state index contributed by atoms with van der Waals surface area (Å²) < 4.78 is 25.2. The number of halogens is 2. The van der Waals surface area contributed by atoms with Crippen molar-refractivity contribution in [2.75, 3.05) is 0 Å². The van der Waals surface area contributed by atoms with Crippen LogP contribution in [0.2, 0.25) is 0 Å². The Morgan fingerprint density at radius 1 is 1.69 bits per heavy atom. The number of aromatic nitrogens is 2. The van der Waals surface area contributed by atoms with E-state index in [-0.39, 0.29) is 5.69 Å². The molecular formula is C6H6F2N2O3. The number of nitrogens with one attached hydrogen (secondary N) is 1. The summed E-state index contributed by atoms with van der Waals surface area (Å²) in [7, 11) is 0. The molecule has 13 heavy (non-hydrogen) atoms. The Labute approximate surface area is 71.0 Å². The highest BCUT2D eigenvalue weighted by Crippen LogP contribution is 2.29. The smallest absolute Gasteiger partial charge is 0.377 e. The molecule has 0 aromatic carbocycles. The molecule has 1 aromatic heterocycles. The molecule has 0 fully saturated rings. The molecular weight excluding hydrogens is 186 g/mol. The van der Waals surface area contributed by atoms with E-state index in [9.17, 15) is 13.6 Å². The molecule has 1 rings (SSSR count). The summed E-state index contributed by atoms with van der Waals surface area (Å²) in [6.45, 7) is 0. The number of alkyl halides is 2. The number of hydrogen-bond donors (Lipinski definition) is 3. The van der Waals surface area contributed by atoms with Crippen LogP contribution in [0.3, 0.4) is 0 Å². The van der Waals surface area contributed by atoms with Gasteiger partial charge < -0.3 is 15.2 Å². The Morgan fingerprint density at radius 2 is 2.31 bits per heavy atom. The van der Waals surface area contributed by atoms with Crippen molar-refractivity contribution in [3.05, 3.63) is 18.2 Å². The van der Waals surface area contributed by atoms with Crippen LogP contribution in [0, 0.1) is 0 Å². The third-order valence-electron chi connectivity index (χ3n) is 1.44. The summed E-state index contributed by atoms with van der Waals surface area (Å²) in [6, 6.07) is 0. The van der Waals surface area contributed by atoms with E-state index >= 15 is 0 Å². The Bertz CT molecular complexity index is 299. The number of rotatable bonds is 3. The number of aromatic amines is 1. The van der Waals surface area contributed by atoms with Crippen molar-refractivity contribution in [3.63, 3.8) is 0 Å². The fraction of sp³-hybridized carbons (Fsp3) is 0.333. The lowest BCUT2D eigenvalue weighted by atomic mass is 10.1. The van der Waals surface area contributed by atoms with Crippen LogP contribution in [0.25, 0.3) is 0 Å². The molecule has 72 valence electrons. The zero-order valence-electron chi connectivity index (χ0n) is 6.24. The predicted molar refractivity (Wildman–Crippen MR) is 36.1 cm³/mol. The number of hydrogen-bond acceptors (Lipinski definition) is 3. The SMILES string of the molecule is O=C(O)C(F)(F)C(O)c1cnc[nH]1. The van der Waals surface area contributed by atoms with Crippen molar-refractivity contribution in [2.24, 2.45) is 0 Å². The van der Waals surface area contributed by atoms with Gasteiger partial charge in [0.05, 0.1) is 18.2 Å². The summed E-state index contributed by atoms with van der Waals surface area (Å²) >= 11 is 0. The quantitative estimate of drug-likeness (QED) is 0.636. The summed E-state index contributed by atoms with van der Waals surface area (Å²) in [5.74, 6) is -6.60. The lowest BCUT2D eigenvalue weighted by Crippen LogP contribution is -2.35.